The van der Waals surface area contributed by atoms with Crippen LogP contribution in [-0.4, -0.2) is 44.1 Å². The van der Waals surface area contributed by atoms with Crippen molar-refractivity contribution in [3.63, 3.8) is 0 Å². The zero-order valence-corrected chi connectivity index (χ0v) is 17.7. The number of rotatable bonds is 8. The predicted molar refractivity (Wildman–Crippen MR) is 120 cm³/mol. The summed E-state index contributed by atoms with van der Waals surface area (Å²) in [7, 11) is 0. The SMILES string of the molecule is CCN(CC)Cc1ccc(NC(=O)c2[nH]ncc2Nc2ncnc3sccc23)cc1. The number of nitrogens with one attached hydrogen (secondary N) is 3. The van der Waals surface area contributed by atoms with Gasteiger partial charge in [0, 0.05) is 12.2 Å². The van der Waals surface area contributed by atoms with Gasteiger partial charge in [0.1, 0.15) is 22.7 Å². The molecule has 9 heteroatoms. The van der Waals surface area contributed by atoms with Crippen LogP contribution in [0.1, 0.15) is 29.9 Å². The monoisotopic (exact) mass is 421 g/mol. The zero-order chi connectivity index (χ0) is 20.9. The van der Waals surface area contributed by atoms with Crippen LogP contribution in [-0.2, 0) is 6.54 Å². The van der Waals surface area contributed by atoms with Gasteiger partial charge in [-0.3, -0.25) is 14.8 Å². The van der Waals surface area contributed by atoms with Gasteiger partial charge in [-0.25, -0.2) is 9.97 Å². The maximum Gasteiger partial charge on any atom is 0.275 e. The van der Waals surface area contributed by atoms with Crippen LogP contribution < -0.4 is 10.6 Å². The molecule has 30 heavy (non-hydrogen) atoms. The Labute approximate surface area is 178 Å². The van der Waals surface area contributed by atoms with Crippen LogP contribution in [0.25, 0.3) is 10.2 Å². The van der Waals surface area contributed by atoms with E-state index in [9.17, 15) is 4.79 Å². The van der Waals surface area contributed by atoms with E-state index in [1.165, 1.54) is 23.2 Å². The second-order valence-corrected chi connectivity index (χ2v) is 7.65. The van der Waals surface area contributed by atoms with Crippen molar-refractivity contribution < 1.29 is 4.79 Å². The van der Waals surface area contributed by atoms with Crippen LogP contribution in [0.5, 0.6) is 0 Å². The maximum absolute atomic E-state index is 12.8. The third-order valence-corrected chi connectivity index (χ3v) is 5.71. The lowest BCUT2D eigenvalue weighted by Crippen LogP contribution is -2.22. The summed E-state index contributed by atoms with van der Waals surface area (Å²) in [6, 6.07) is 9.85. The van der Waals surface area contributed by atoms with E-state index in [1.807, 2.05) is 35.7 Å². The molecule has 3 N–H and O–H groups in total. The van der Waals surface area contributed by atoms with E-state index in [0.717, 1.165) is 35.5 Å². The summed E-state index contributed by atoms with van der Waals surface area (Å²) in [6.07, 6.45) is 3.07. The molecule has 4 aromatic rings. The van der Waals surface area contributed by atoms with Gasteiger partial charge in [0.05, 0.1) is 17.3 Å². The number of carbonyl (C=O) groups is 1. The Hall–Kier alpha value is -3.30. The number of anilines is 3. The van der Waals surface area contributed by atoms with Crippen molar-refractivity contribution in [3.05, 3.63) is 59.5 Å². The molecule has 0 fully saturated rings. The Morgan fingerprint density at radius 1 is 1.13 bits per heavy atom. The second kappa shape index (κ2) is 9.02. The van der Waals surface area contributed by atoms with Gasteiger partial charge >= 0.3 is 0 Å². The van der Waals surface area contributed by atoms with Crippen molar-refractivity contribution in [2.24, 2.45) is 0 Å². The highest BCUT2D eigenvalue weighted by Crippen LogP contribution is 2.27. The molecule has 8 nitrogen and oxygen atoms in total. The average Bonchev–Trinajstić information content (AvgIpc) is 3.43. The minimum atomic E-state index is -0.276. The molecule has 154 valence electrons. The number of carbonyl (C=O) groups excluding carboxylic acids is 1. The molecule has 0 aliphatic carbocycles. The van der Waals surface area contributed by atoms with E-state index < -0.39 is 0 Å². The largest absolute Gasteiger partial charge is 0.336 e. The molecule has 4 rings (SSSR count). The van der Waals surface area contributed by atoms with Gasteiger partial charge in [0.15, 0.2) is 0 Å². The summed E-state index contributed by atoms with van der Waals surface area (Å²) in [6.45, 7) is 7.22. The Kier molecular flexibility index (Phi) is 6.01. The van der Waals surface area contributed by atoms with Crippen molar-refractivity contribution in [3.8, 4) is 0 Å². The summed E-state index contributed by atoms with van der Waals surface area (Å²) < 4.78 is 0. The van der Waals surface area contributed by atoms with Gasteiger partial charge in [-0.2, -0.15) is 5.10 Å². The fourth-order valence-electron chi connectivity index (χ4n) is 3.16. The highest BCUT2D eigenvalue weighted by atomic mass is 32.1. The lowest BCUT2D eigenvalue weighted by molar-refractivity contribution is 0.102. The molecule has 0 unspecified atom stereocenters. The highest BCUT2D eigenvalue weighted by molar-refractivity contribution is 7.16. The van der Waals surface area contributed by atoms with Gasteiger partial charge in [0.2, 0.25) is 0 Å². The standard InChI is InChI=1S/C21H23N7OS/c1-3-28(4-2)12-14-5-7-15(8-6-14)25-20(29)18-17(11-24-27-18)26-19-16-9-10-30-21(16)23-13-22-19/h5-11,13H,3-4,12H2,1-2H3,(H,24,27)(H,25,29)(H,22,23,26). The fourth-order valence-corrected chi connectivity index (χ4v) is 3.90. The number of aromatic nitrogens is 4. The molecule has 0 spiro atoms. The number of fused-ring (bicyclic) bond motifs is 1. The van der Waals surface area contributed by atoms with E-state index in [1.54, 1.807) is 6.20 Å². The third kappa shape index (κ3) is 4.32. The number of hydrogen-bond acceptors (Lipinski definition) is 7. The van der Waals surface area contributed by atoms with Gasteiger partial charge in [-0.05, 0) is 42.2 Å². The molecule has 0 bridgehead atoms. The molecule has 1 amide bonds. The van der Waals surface area contributed by atoms with E-state index in [0.29, 0.717) is 17.2 Å². The van der Waals surface area contributed by atoms with E-state index >= 15 is 0 Å². The number of H-pyrrole nitrogens is 1. The normalized spacial score (nSPS) is 11.2. The molecule has 0 aliphatic heterocycles. The van der Waals surface area contributed by atoms with Gasteiger partial charge in [0.25, 0.3) is 5.91 Å². The van der Waals surface area contributed by atoms with Crippen molar-refractivity contribution in [1.82, 2.24) is 25.1 Å². The van der Waals surface area contributed by atoms with Gasteiger partial charge < -0.3 is 10.6 Å². The first-order valence-electron chi connectivity index (χ1n) is 9.79. The lowest BCUT2D eigenvalue weighted by Gasteiger charge is -2.18. The smallest absolute Gasteiger partial charge is 0.275 e. The molecule has 0 radical (unpaired) electrons. The summed E-state index contributed by atoms with van der Waals surface area (Å²) in [5.74, 6) is 0.361. The quantitative estimate of drug-likeness (QED) is 0.393. The van der Waals surface area contributed by atoms with Crippen LogP contribution in [0.15, 0.2) is 48.2 Å². The summed E-state index contributed by atoms with van der Waals surface area (Å²) >= 11 is 1.54. The Morgan fingerprint density at radius 3 is 2.70 bits per heavy atom. The number of hydrogen-bond donors (Lipinski definition) is 3. The predicted octanol–water partition coefficient (Wildman–Crippen LogP) is 4.25. The molecular formula is C21H23N7OS. The number of amides is 1. The maximum atomic E-state index is 12.8. The number of nitrogens with zero attached hydrogens (tertiary/aromatic N) is 4. The topological polar surface area (TPSA) is 98.8 Å². The van der Waals surface area contributed by atoms with Gasteiger partial charge in [-0.15, -0.1) is 11.3 Å². The molecule has 0 atom stereocenters. The number of thiophene rings is 1. The zero-order valence-electron chi connectivity index (χ0n) is 16.8. The molecule has 0 saturated heterocycles. The summed E-state index contributed by atoms with van der Waals surface area (Å²) in [5, 5.41) is 15.7. The van der Waals surface area contributed by atoms with Crippen LogP contribution in [0.4, 0.5) is 17.2 Å². The minimum absolute atomic E-state index is 0.276. The first-order valence-corrected chi connectivity index (χ1v) is 10.7. The van der Waals surface area contributed by atoms with Crippen molar-refractivity contribution in [2.45, 2.75) is 20.4 Å². The fraction of sp³-hybridized carbons (Fsp3) is 0.238. The minimum Gasteiger partial charge on any atom is -0.336 e. The second-order valence-electron chi connectivity index (χ2n) is 6.76. The first-order chi connectivity index (χ1) is 14.7. The van der Waals surface area contributed by atoms with Crippen LogP contribution in [0, 0.1) is 0 Å². The summed E-state index contributed by atoms with van der Waals surface area (Å²) in [5.41, 5.74) is 2.83. The first kappa shape index (κ1) is 20.0. The molecule has 0 aliphatic rings. The van der Waals surface area contributed by atoms with Crippen molar-refractivity contribution in [2.75, 3.05) is 23.7 Å². The van der Waals surface area contributed by atoms with Crippen LogP contribution in [0.3, 0.4) is 0 Å². The Morgan fingerprint density at radius 2 is 1.93 bits per heavy atom. The van der Waals surface area contributed by atoms with E-state index in [-0.39, 0.29) is 5.91 Å². The van der Waals surface area contributed by atoms with Crippen LogP contribution >= 0.6 is 11.3 Å². The third-order valence-electron chi connectivity index (χ3n) is 4.89. The van der Waals surface area contributed by atoms with Crippen LogP contribution in [0.2, 0.25) is 0 Å². The molecule has 1 aromatic carbocycles. The molecule has 0 saturated carbocycles. The van der Waals surface area contributed by atoms with Gasteiger partial charge in [-0.1, -0.05) is 26.0 Å². The van der Waals surface area contributed by atoms with E-state index in [2.05, 4.69) is 49.5 Å². The number of aromatic amines is 1. The molecule has 3 aromatic heterocycles. The summed E-state index contributed by atoms with van der Waals surface area (Å²) in [4.78, 5) is 24.6. The van der Waals surface area contributed by atoms with Crippen molar-refractivity contribution >= 4 is 44.7 Å². The van der Waals surface area contributed by atoms with Crippen molar-refractivity contribution in [1.29, 1.82) is 0 Å². The number of benzene rings is 1. The van der Waals surface area contributed by atoms with E-state index in [4.69, 9.17) is 0 Å². The molecule has 3 heterocycles. The Bertz CT molecular complexity index is 1130. The lowest BCUT2D eigenvalue weighted by atomic mass is 10.2. The average molecular weight is 422 g/mol. The Balaban J connectivity index is 1.46. The molecular weight excluding hydrogens is 398 g/mol. The highest BCUT2D eigenvalue weighted by Gasteiger charge is 2.16.